The Morgan fingerprint density at radius 1 is 1.15 bits per heavy atom. The fraction of sp³-hybridized carbons (Fsp3) is 0.900. The summed E-state index contributed by atoms with van der Waals surface area (Å²) in [4.78, 5) is 4.84. The van der Waals surface area contributed by atoms with Crippen LogP contribution >= 0.6 is 0 Å². The summed E-state index contributed by atoms with van der Waals surface area (Å²) >= 11 is 0. The monoisotopic (exact) mass is 183 g/mol. The molecule has 3 nitrogen and oxygen atoms in total. The van der Waals surface area contributed by atoms with Gasteiger partial charge < -0.3 is 9.64 Å². The van der Waals surface area contributed by atoms with Gasteiger partial charge in [0.2, 0.25) is 0 Å². The molecule has 1 aliphatic heterocycles. The molecule has 13 heavy (non-hydrogen) atoms. The summed E-state index contributed by atoms with van der Waals surface area (Å²) in [6.07, 6.45) is 2.89. The molecule has 1 heterocycles. The first-order chi connectivity index (χ1) is 6.31. The third-order valence-corrected chi connectivity index (χ3v) is 2.98. The number of hydrogen-bond donors (Lipinski definition) is 0. The Bertz CT molecular complexity index is 162. The molecule has 3 heteroatoms. The lowest BCUT2D eigenvalue weighted by Crippen LogP contribution is -2.50. The predicted molar refractivity (Wildman–Crippen MR) is 52.3 cm³/mol. The van der Waals surface area contributed by atoms with Crippen LogP contribution in [0.3, 0.4) is 0 Å². The van der Waals surface area contributed by atoms with Crippen molar-refractivity contribution in [1.29, 1.82) is 0 Å². The summed E-state index contributed by atoms with van der Waals surface area (Å²) in [5.74, 6) is 1.59. The Hall–Kier alpha value is -0.120. The summed E-state index contributed by atoms with van der Waals surface area (Å²) in [6.45, 7) is 4.65. The van der Waals surface area contributed by atoms with Crippen LogP contribution in [-0.2, 0) is 4.74 Å². The highest BCUT2D eigenvalue weighted by molar-refractivity contribution is 5.11. The zero-order chi connectivity index (χ0) is 9.26. The van der Waals surface area contributed by atoms with Crippen molar-refractivity contribution >= 4 is 0 Å². The van der Waals surface area contributed by atoms with Crippen molar-refractivity contribution < 1.29 is 4.74 Å². The van der Waals surface area contributed by atoms with Crippen molar-refractivity contribution in [3.63, 3.8) is 0 Å². The van der Waals surface area contributed by atoms with Gasteiger partial charge in [-0.05, 0) is 19.9 Å². The number of piperazine rings is 1. The standard InChI is InChI=1S/C10H19N2O/c1-11-5-7-12(8-6-11)10(13-2)9-3-4-9/h10H,3-8H2,1-2H3. The fourth-order valence-corrected chi connectivity index (χ4v) is 1.95. The summed E-state index contributed by atoms with van der Waals surface area (Å²) in [7, 11) is 4.01. The van der Waals surface area contributed by atoms with E-state index in [9.17, 15) is 0 Å². The van der Waals surface area contributed by atoms with E-state index in [1.54, 1.807) is 5.92 Å². The maximum absolute atomic E-state index is 5.52. The molecule has 1 saturated heterocycles. The van der Waals surface area contributed by atoms with Crippen molar-refractivity contribution in [3.8, 4) is 0 Å². The number of rotatable bonds is 3. The fourth-order valence-electron chi connectivity index (χ4n) is 1.95. The molecule has 0 spiro atoms. The van der Waals surface area contributed by atoms with Crippen LogP contribution in [-0.4, -0.2) is 56.4 Å². The third kappa shape index (κ3) is 2.22. The van der Waals surface area contributed by atoms with Crippen LogP contribution in [0.25, 0.3) is 0 Å². The SMILES string of the molecule is COC([C]1CC1)N1CCN(C)CC1. The molecule has 2 aliphatic rings. The van der Waals surface area contributed by atoms with Gasteiger partial charge in [-0.3, -0.25) is 4.90 Å². The Morgan fingerprint density at radius 2 is 1.77 bits per heavy atom. The van der Waals surface area contributed by atoms with Crippen LogP contribution in [0.4, 0.5) is 0 Å². The van der Waals surface area contributed by atoms with E-state index in [2.05, 4.69) is 16.8 Å². The second-order valence-electron chi connectivity index (χ2n) is 4.09. The average Bonchev–Trinajstić information content (AvgIpc) is 2.93. The third-order valence-electron chi connectivity index (χ3n) is 2.98. The number of hydrogen-bond acceptors (Lipinski definition) is 3. The van der Waals surface area contributed by atoms with E-state index in [4.69, 9.17) is 4.74 Å². The predicted octanol–water partition coefficient (Wildman–Crippen LogP) is 0.575. The first-order valence-corrected chi connectivity index (χ1v) is 5.11. The van der Waals surface area contributed by atoms with Gasteiger partial charge in [0, 0.05) is 39.2 Å². The zero-order valence-corrected chi connectivity index (χ0v) is 8.62. The maximum atomic E-state index is 5.52. The van der Waals surface area contributed by atoms with Gasteiger partial charge in [0.15, 0.2) is 0 Å². The molecule has 1 saturated carbocycles. The highest BCUT2D eigenvalue weighted by Crippen LogP contribution is 2.38. The molecule has 1 aliphatic carbocycles. The van der Waals surface area contributed by atoms with Gasteiger partial charge >= 0.3 is 0 Å². The molecule has 0 amide bonds. The molecular weight excluding hydrogens is 164 g/mol. The largest absolute Gasteiger partial charge is 0.366 e. The second-order valence-corrected chi connectivity index (χ2v) is 4.09. The quantitative estimate of drug-likeness (QED) is 0.636. The second kappa shape index (κ2) is 3.95. The Labute approximate surface area is 80.6 Å². The molecule has 1 atom stereocenters. The number of ether oxygens (including phenoxy) is 1. The molecule has 75 valence electrons. The van der Waals surface area contributed by atoms with Gasteiger partial charge in [-0.15, -0.1) is 0 Å². The van der Waals surface area contributed by atoms with Crippen LogP contribution < -0.4 is 0 Å². The van der Waals surface area contributed by atoms with E-state index in [1.807, 2.05) is 7.11 Å². The minimum Gasteiger partial charge on any atom is -0.366 e. The van der Waals surface area contributed by atoms with Gasteiger partial charge in [0.25, 0.3) is 0 Å². The van der Waals surface area contributed by atoms with Crippen molar-refractivity contribution in [3.05, 3.63) is 5.92 Å². The lowest BCUT2D eigenvalue weighted by atomic mass is 10.2. The first-order valence-electron chi connectivity index (χ1n) is 5.11. The van der Waals surface area contributed by atoms with Crippen molar-refractivity contribution in [2.24, 2.45) is 0 Å². The number of nitrogens with zero attached hydrogens (tertiary/aromatic N) is 2. The summed E-state index contributed by atoms with van der Waals surface area (Å²) < 4.78 is 5.52. The molecule has 1 unspecified atom stereocenters. The molecule has 2 fully saturated rings. The molecule has 1 radical (unpaired) electrons. The van der Waals surface area contributed by atoms with Gasteiger partial charge in [0.1, 0.15) is 6.23 Å². The van der Waals surface area contributed by atoms with E-state index in [1.165, 1.54) is 25.9 Å². The van der Waals surface area contributed by atoms with Gasteiger partial charge in [-0.25, -0.2) is 0 Å². The summed E-state index contributed by atoms with van der Waals surface area (Å²) in [6, 6.07) is 0. The average molecular weight is 183 g/mol. The minimum absolute atomic E-state index is 0.327. The van der Waals surface area contributed by atoms with E-state index in [0.29, 0.717) is 6.23 Å². The lowest BCUT2D eigenvalue weighted by molar-refractivity contribution is -0.0335. The van der Waals surface area contributed by atoms with Gasteiger partial charge in [-0.1, -0.05) is 0 Å². The molecular formula is C10H19N2O. The zero-order valence-electron chi connectivity index (χ0n) is 8.62. The van der Waals surface area contributed by atoms with Crippen molar-refractivity contribution in [1.82, 2.24) is 9.80 Å². The Balaban J connectivity index is 1.84. The van der Waals surface area contributed by atoms with Crippen molar-refractivity contribution in [2.75, 3.05) is 40.3 Å². The normalized spacial score (nSPS) is 29.1. The Kier molecular flexibility index (Phi) is 2.86. The van der Waals surface area contributed by atoms with Crippen LogP contribution in [0.5, 0.6) is 0 Å². The van der Waals surface area contributed by atoms with E-state index < -0.39 is 0 Å². The van der Waals surface area contributed by atoms with E-state index in [-0.39, 0.29) is 0 Å². The van der Waals surface area contributed by atoms with E-state index >= 15 is 0 Å². The number of likely N-dealkylation sites (N-methyl/N-ethyl adjacent to an activating group) is 1. The topological polar surface area (TPSA) is 15.7 Å². The molecule has 0 aromatic carbocycles. The molecule has 0 aromatic rings. The van der Waals surface area contributed by atoms with Crippen LogP contribution in [0.15, 0.2) is 0 Å². The molecule has 0 aromatic heterocycles. The highest BCUT2D eigenvalue weighted by atomic mass is 16.5. The van der Waals surface area contributed by atoms with E-state index in [0.717, 1.165) is 13.1 Å². The van der Waals surface area contributed by atoms with Gasteiger partial charge in [-0.2, -0.15) is 0 Å². The lowest BCUT2D eigenvalue weighted by Gasteiger charge is -2.37. The smallest absolute Gasteiger partial charge is 0.116 e. The van der Waals surface area contributed by atoms with Crippen molar-refractivity contribution in [2.45, 2.75) is 19.1 Å². The summed E-state index contributed by atoms with van der Waals surface area (Å²) in [5.41, 5.74) is 0. The maximum Gasteiger partial charge on any atom is 0.116 e. The molecule has 0 bridgehead atoms. The van der Waals surface area contributed by atoms with Crippen LogP contribution in [0.2, 0.25) is 0 Å². The summed E-state index contributed by atoms with van der Waals surface area (Å²) in [5, 5.41) is 0. The first kappa shape index (κ1) is 9.44. The minimum atomic E-state index is 0.327. The Morgan fingerprint density at radius 3 is 2.23 bits per heavy atom. The molecule has 0 N–H and O–H groups in total. The van der Waals surface area contributed by atoms with Crippen LogP contribution in [0, 0.1) is 5.92 Å². The van der Waals surface area contributed by atoms with Crippen LogP contribution in [0.1, 0.15) is 12.8 Å². The van der Waals surface area contributed by atoms with Gasteiger partial charge in [0.05, 0.1) is 0 Å². The number of methoxy groups -OCH3 is 1. The highest BCUT2D eigenvalue weighted by Gasteiger charge is 2.36. The molecule has 2 rings (SSSR count).